The molecule has 1 atom stereocenters. The van der Waals surface area contributed by atoms with Crippen LogP contribution < -0.4 is 0 Å². The molecule has 3 heteroatoms. The average Bonchev–Trinajstić information content (AvgIpc) is 2.84. The highest BCUT2D eigenvalue weighted by atomic mass is 32.1. The Bertz CT molecular complexity index is 475. The van der Waals surface area contributed by atoms with Crippen LogP contribution in [0.15, 0.2) is 24.3 Å². The number of thiazole rings is 1. The summed E-state index contributed by atoms with van der Waals surface area (Å²) in [4.78, 5) is 4.58. The van der Waals surface area contributed by atoms with E-state index in [0.717, 1.165) is 23.4 Å². The fraction of sp³-hybridized carbons (Fsp3) is 0.588. The number of aromatic nitrogens is 1. The van der Waals surface area contributed by atoms with Crippen LogP contribution in [0.2, 0.25) is 0 Å². The van der Waals surface area contributed by atoms with E-state index in [1.807, 2.05) is 18.2 Å². The quantitative estimate of drug-likeness (QED) is 0.663. The Morgan fingerprint density at radius 2 is 1.85 bits per heavy atom. The van der Waals surface area contributed by atoms with Gasteiger partial charge in [0.25, 0.3) is 0 Å². The molecule has 1 N–H and O–H groups in total. The van der Waals surface area contributed by atoms with Crippen LogP contribution in [-0.2, 0) is 6.42 Å². The lowest BCUT2D eigenvalue weighted by molar-refractivity contribution is 0.161. The molecule has 20 heavy (non-hydrogen) atoms. The van der Waals surface area contributed by atoms with Crippen LogP contribution in [0.25, 0.3) is 10.2 Å². The minimum Gasteiger partial charge on any atom is -0.393 e. The molecule has 0 spiro atoms. The van der Waals surface area contributed by atoms with Crippen molar-refractivity contribution >= 4 is 21.6 Å². The third kappa shape index (κ3) is 4.88. The van der Waals surface area contributed by atoms with Gasteiger partial charge in [0.2, 0.25) is 0 Å². The molecule has 1 unspecified atom stereocenters. The second kappa shape index (κ2) is 8.38. The van der Waals surface area contributed by atoms with E-state index in [1.165, 1.54) is 36.8 Å². The molecule has 1 aromatic heterocycles. The summed E-state index contributed by atoms with van der Waals surface area (Å²) in [6.07, 6.45) is 9.03. The number of nitrogens with zero attached hydrogens (tertiary/aromatic N) is 1. The summed E-state index contributed by atoms with van der Waals surface area (Å²) in [5.74, 6) is 0. The van der Waals surface area contributed by atoms with E-state index >= 15 is 0 Å². The minimum atomic E-state index is -0.235. The second-order valence-electron chi connectivity index (χ2n) is 5.49. The number of hydrogen-bond acceptors (Lipinski definition) is 3. The standard InChI is InChI=1S/C17H25NOS/c1-2-3-4-5-6-7-10-14(19)13-17-18-15-11-8-9-12-16(15)20-17/h8-9,11-12,14,19H,2-7,10,13H2,1H3. The number of hydrogen-bond donors (Lipinski definition) is 1. The minimum absolute atomic E-state index is 0.235. The van der Waals surface area contributed by atoms with Gasteiger partial charge in [0.15, 0.2) is 0 Å². The highest BCUT2D eigenvalue weighted by molar-refractivity contribution is 7.18. The Labute approximate surface area is 125 Å². The molecule has 2 aromatic rings. The number of aliphatic hydroxyl groups is 1. The molecular formula is C17H25NOS. The molecule has 2 rings (SSSR count). The largest absolute Gasteiger partial charge is 0.393 e. The van der Waals surface area contributed by atoms with E-state index in [9.17, 15) is 5.11 Å². The van der Waals surface area contributed by atoms with Crippen molar-refractivity contribution in [3.8, 4) is 0 Å². The van der Waals surface area contributed by atoms with Crippen molar-refractivity contribution in [2.45, 2.75) is 64.4 Å². The number of aliphatic hydroxyl groups excluding tert-OH is 1. The topological polar surface area (TPSA) is 33.1 Å². The predicted octanol–water partition coefficient (Wildman–Crippen LogP) is 4.95. The van der Waals surface area contributed by atoms with Gasteiger partial charge in [-0.1, -0.05) is 57.6 Å². The number of fused-ring (bicyclic) bond motifs is 1. The highest BCUT2D eigenvalue weighted by Gasteiger charge is 2.09. The molecule has 0 aliphatic rings. The molecule has 0 radical (unpaired) electrons. The lowest BCUT2D eigenvalue weighted by Crippen LogP contribution is -2.09. The summed E-state index contributed by atoms with van der Waals surface area (Å²) >= 11 is 1.70. The number of benzene rings is 1. The number of para-hydroxylation sites is 1. The molecule has 0 saturated heterocycles. The fourth-order valence-corrected chi connectivity index (χ4v) is 3.51. The van der Waals surface area contributed by atoms with Gasteiger partial charge in [-0.05, 0) is 18.6 Å². The van der Waals surface area contributed by atoms with E-state index in [1.54, 1.807) is 11.3 Å². The Hall–Kier alpha value is -0.930. The fourth-order valence-electron chi connectivity index (χ4n) is 2.47. The summed E-state index contributed by atoms with van der Waals surface area (Å²) in [6.45, 7) is 2.24. The molecule has 0 bridgehead atoms. The molecule has 0 saturated carbocycles. The number of rotatable bonds is 9. The first kappa shape index (κ1) is 15.5. The SMILES string of the molecule is CCCCCCCCC(O)Cc1nc2ccccc2s1. The summed E-state index contributed by atoms with van der Waals surface area (Å²) in [5, 5.41) is 11.2. The second-order valence-corrected chi connectivity index (χ2v) is 6.60. The molecule has 1 aromatic carbocycles. The van der Waals surface area contributed by atoms with Gasteiger partial charge in [0.1, 0.15) is 0 Å². The molecule has 1 heterocycles. The van der Waals surface area contributed by atoms with Gasteiger partial charge in [-0.2, -0.15) is 0 Å². The normalized spacial score (nSPS) is 12.9. The summed E-state index contributed by atoms with van der Waals surface area (Å²) in [5.41, 5.74) is 1.05. The van der Waals surface area contributed by atoms with Gasteiger partial charge in [-0.15, -0.1) is 11.3 Å². The van der Waals surface area contributed by atoms with Crippen molar-refractivity contribution < 1.29 is 5.11 Å². The molecular weight excluding hydrogens is 266 g/mol. The van der Waals surface area contributed by atoms with Crippen molar-refractivity contribution in [2.75, 3.05) is 0 Å². The Morgan fingerprint density at radius 3 is 2.65 bits per heavy atom. The number of unbranched alkanes of at least 4 members (excludes halogenated alkanes) is 5. The zero-order valence-electron chi connectivity index (χ0n) is 12.3. The zero-order valence-corrected chi connectivity index (χ0v) is 13.2. The first-order valence-corrected chi connectivity index (χ1v) is 8.63. The third-order valence-corrected chi connectivity index (χ3v) is 4.70. The van der Waals surface area contributed by atoms with E-state index in [2.05, 4.69) is 18.0 Å². The van der Waals surface area contributed by atoms with Crippen molar-refractivity contribution in [1.29, 1.82) is 0 Å². The van der Waals surface area contributed by atoms with Crippen LogP contribution in [0.4, 0.5) is 0 Å². The van der Waals surface area contributed by atoms with Gasteiger partial charge >= 0.3 is 0 Å². The average molecular weight is 291 g/mol. The van der Waals surface area contributed by atoms with Crippen molar-refractivity contribution in [3.05, 3.63) is 29.3 Å². The van der Waals surface area contributed by atoms with Crippen molar-refractivity contribution in [1.82, 2.24) is 4.98 Å². The molecule has 0 fully saturated rings. The smallest absolute Gasteiger partial charge is 0.0964 e. The van der Waals surface area contributed by atoms with Gasteiger partial charge < -0.3 is 5.11 Å². The zero-order chi connectivity index (χ0) is 14.2. The van der Waals surface area contributed by atoms with E-state index in [4.69, 9.17) is 0 Å². The van der Waals surface area contributed by atoms with Crippen LogP contribution in [0.5, 0.6) is 0 Å². The van der Waals surface area contributed by atoms with Crippen LogP contribution in [-0.4, -0.2) is 16.2 Å². The molecule has 0 amide bonds. The lowest BCUT2D eigenvalue weighted by atomic mass is 10.1. The third-order valence-electron chi connectivity index (χ3n) is 3.64. The Morgan fingerprint density at radius 1 is 1.10 bits per heavy atom. The maximum atomic E-state index is 10.1. The first-order valence-electron chi connectivity index (χ1n) is 7.82. The lowest BCUT2D eigenvalue weighted by Gasteiger charge is -2.08. The van der Waals surface area contributed by atoms with E-state index < -0.39 is 0 Å². The summed E-state index contributed by atoms with van der Waals surface area (Å²) in [7, 11) is 0. The molecule has 0 aliphatic carbocycles. The van der Waals surface area contributed by atoms with Crippen LogP contribution in [0, 0.1) is 0 Å². The van der Waals surface area contributed by atoms with Crippen LogP contribution in [0.1, 0.15) is 56.9 Å². The van der Waals surface area contributed by atoms with E-state index in [-0.39, 0.29) is 6.10 Å². The Balaban J connectivity index is 1.70. The van der Waals surface area contributed by atoms with Gasteiger partial charge in [-0.3, -0.25) is 0 Å². The summed E-state index contributed by atoms with van der Waals surface area (Å²) in [6, 6.07) is 8.18. The maximum absolute atomic E-state index is 10.1. The predicted molar refractivity (Wildman–Crippen MR) is 87.3 cm³/mol. The van der Waals surface area contributed by atoms with Gasteiger partial charge in [0.05, 0.1) is 21.3 Å². The maximum Gasteiger partial charge on any atom is 0.0964 e. The highest BCUT2D eigenvalue weighted by Crippen LogP contribution is 2.23. The molecule has 110 valence electrons. The van der Waals surface area contributed by atoms with Crippen molar-refractivity contribution in [2.24, 2.45) is 0 Å². The monoisotopic (exact) mass is 291 g/mol. The van der Waals surface area contributed by atoms with Gasteiger partial charge in [0, 0.05) is 6.42 Å². The molecule has 2 nitrogen and oxygen atoms in total. The Kier molecular flexibility index (Phi) is 6.48. The molecule has 0 aliphatic heterocycles. The van der Waals surface area contributed by atoms with Gasteiger partial charge in [-0.25, -0.2) is 4.98 Å². The van der Waals surface area contributed by atoms with Crippen LogP contribution in [0.3, 0.4) is 0 Å². The van der Waals surface area contributed by atoms with Crippen LogP contribution >= 0.6 is 11.3 Å². The summed E-state index contributed by atoms with van der Waals surface area (Å²) < 4.78 is 1.22. The van der Waals surface area contributed by atoms with E-state index in [0.29, 0.717) is 6.42 Å². The first-order chi connectivity index (χ1) is 9.79. The van der Waals surface area contributed by atoms with Crippen molar-refractivity contribution in [3.63, 3.8) is 0 Å².